The third kappa shape index (κ3) is 6.22. The summed E-state index contributed by atoms with van der Waals surface area (Å²) >= 11 is 3.12. The summed E-state index contributed by atoms with van der Waals surface area (Å²) in [6.07, 6.45) is 7.67. The predicted molar refractivity (Wildman–Crippen MR) is 112 cm³/mol. The van der Waals surface area contributed by atoms with Crippen molar-refractivity contribution in [2.24, 2.45) is 5.10 Å². The molecule has 0 aliphatic rings. The van der Waals surface area contributed by atoms with Crippen molar-refractivity contribution in [3.05, 3.63) is 42.2 Å². The molecule has 3 rings (SSSR count). The van der Waals surface area contributed by atoms with Crippen molar-refractivity contribution in [3.8, 4) is 0 Å². The Bertz CT molecular complexity index is 868. The van der Waals surface area contributed by atoms with Crippen LogP contribution in [0.2, 0.25) is 0 Å². The van der Waals surface area contributed by atoms with Crippen LogP contribution in [0.25, 0.3) is 10.2 Å². The van der Waals surface area contributed by atoms with E-state index in [4.69, 9.17) is 4.42 Å². The van der Waals surface area contributed by atoms with E-state index in [1.54, 1.807) is 11.3 Å². The number of aromatic nitrogens is 1. The van der Waals surface area contributed by atoms with Crippen molar-refractivity contribution in [2.45, 2.75) is 54.9 Å². The molecule has 1 aromatic carbocycles. The number of hydrazone groups is 1. The van der Waals surface area contributed by atoms with Gasteiger partial charge in [0.2, 0.25) is 5.91 Å². The monoisotopic (exact) mass is 401 g/mol. The lowest BCUT2D eigenvalue weighted by Gasteiger charge is -1.99. The number of thiazole rings is 1. The average Bonchev–Trinajstić information content (AvgIpc) is 3.28. The number of benzene rings is 1. The van der Waals surface area contributed by atoms with Gasteiger partial charge >= 0.3 is 0 Å². The first-order valence-corrected chi connectivity index (χ1v) is 10.8. The number of fused-ring (bicyclic) bond motifs is 1. The number of hydrogen-bond acceptors (Lipinski definition) is 6. The minimum absolute atomic E-state index is 0.0571. The van der Waals surface area contributed by atoms with Gasteiger partial charge in [0, 0.05) is 6.42 Å². The Morgan fingerprint density at radius 3 is 2.93 bits per heavy atom. The molecule has 0 bridgehead atoms. The van der Waals surface area contributed by atoms with Crippen molar-refractivity contribution in [3.63, 3.8) is 0 Å². The summed E-state index contributed by atoms with van der Waals surface area (Å²) in [5.74, 6) is 0.542. The van der Waals surface area contributed by atoms with E-state index in [0.717, 1.165) is 32.5 Å². The molecule has 0 aliphatic heterocycles. The maximum Gasteiger partial charge on any atom is 0.240 e. The van der Waals surface area contributed by atoms with E-state index in [9.17, 15) is 4.79 Å². The Morgan fingerprint density at radius 2 is 2.07 bits per heavy atom. The van der Waals surface area contributed by atoms with E-state index in [1.807, 2.05) is 30.3 Å². The van der Waals surface area contributed by atoms with Gasteiger partial charge in [0.15, 0.2) is 9.43 Å². The van der Waals surface area contributed by atoms with Crippen LogP contribution in [0, 0.1) is 0 Å². The van der Waals surface area contributed by atoms with Gasteiger partial charge in [0.25, 0.3) is 0 Å². The van der Waals surface area contributed by atoms with Gasteiger partial charge in [-0.25, -0.2) is 10.4 Å². The molecule has 0 saturated carbocycles. The van der Waals surface area contributed by atoms with Crippen molar-refractivity contribution < 1.29 is 9.21 Å². The van der Waals surface area contributed by atoms with Gasteiger partial charge in [0.1, 0.15) is 5.76 Å². The van der Waals surface area contributed by atoms with Gasteiger partial charge in [0.05, 0.1) is 16.4 Å². The smallest absolute Gasteiger partial charge is 0.240 e. The molecule has 0 unspecified atom stereocenters. The van der Waals surface area contributed by atoms with Crippen LogP contribution in [-0.2, 0) is 4.79 Å². The third-order valence-electron chi connectivity index (χ3n) is 3.95. The minimum atomic E-state index is -0.0571. The topological polar surface area (TPSA) is 67.5 Å². The molecule has 1 amide bonds. The zero-order chi connectivity index (χ0) is 18.9. The molecule has 7 heteroatoms. The van der Waals surface area contributed by atoms with E-state index in [1.165, 1.54) is 37.2 Å². The Kier molecular flexibility index (Phi) is 7.47. The number of nitrogens with one attached hydrogen (secondary N) is 1. The molecule has 142 valence electrons. The molecule has 1 N–H and O–H groups in total. The normalized spacial score (nSPS) is 11.4. The molecular weight excluding hydrogens is 378 g/mol. The lowest BCUT2D eigenvalue weighted by atomic mass is 10.1. The molecular formula is C20H23N3O2S2. The molecule has 5 nitrogen and oxygen atoms in total. The number of carbonyl (C=O) groups is 1. The zero-order valence-electron chi connectivity index (χ0n) is 15.3. The fourth-order valence-corrected chi connectivity index (χ4v) is 4.52. The molecule has 0 saturated heterocycles. The van der Waals surface area contributed by atoms with E-state index in [2.05, 4.69) is 28.5 Å². The Hall–Kier alpha value is -2.12. The lowest BCUT2D eigenvalue weighted by Crippen LogP contribution is -2.16. The van der Waals surface area contributed by atoms with Gasteiger partial charge in [-0.15, -0.1) is 11.3 Å². The molecule has 2 heterocycles. The molecule has 0 aliphatic carbocycles. The zero-order valence-corrected chi connectivity index (χ0v) is 16.9. The number of hydrogen-bond donors (Lipinski definition) is 1. The second-order valence-electron chi connectivity index (χ2n) is 6.16. The molecule has 27 heavy (non-hydrogen) atoms. The minimum Gasteiger partial charge on any atom is -0.448 e. The predicted octanol–water partition coefficient (Wildman–Crippen LogP) is 5.85. The highest BCUT2D eigenvalue weighted by molar-refractivity contribution is 8.01. The average molecular weight is 402 g/mol. The summed E-state index contributed by atoms with van der Waals surface area (Å²) in [5.41, 5.74) is 3.55. The second kappa shape index (κ2) is 10.3. The van der Waals surface area contributed by atoms with Gasteiger partial charge in [-0.2, -0.15) is 5.10 Å². The fourth-order valence-electron chi connectivity index (χ4n) is 2.55. The van der Waals surface area contributed by atoms with Crippen molar-refractivity contribution >= 4 is 45.4 Å². The number of para-hydroxylation sites is 1. The van der Waals surface area contributed by atoms with Crippen LogP contribution in [0.3, 0.4) is 0 Å². The first-order valence-electron chi connectivity index (χ1n) is 9.20. The van der Waals surface area contributed by atoms with E-state index >= 15 is 0 Å². The molecule has 2 aromatic heterocycles. The fraction of sp³-hybridized carbons (Fsp3) is 0.350. The molecule has 0 atom stereocenters. The van der Waals surface area contributed by atoms with Crippen LogP contribution in [0.15, 0.2) is 55.3 Å². The number of unbranched alkanes of at least 4 members (excludes halogenated alkanes) is 4. The maximum atomic E-state index is 11.7. The van der Waals surface area contributed by atoms with Gasteiger partial charge in [-0.3, -0.25) is 4.79 Å². The number of rotatable bonds is 10. The van der Waals surface area contributed by atoms with Gasteiger partial charge in [-0.05, 0) is 42.4 Å². The highest BCUT2D eigenvalue weighted by Gasteiger charge is 2.08. The number of amides is 1. The van der Waals surface area contributed by atoms with Crippen LogP contribution in [0.5, 0.6) is 0 Å². The first-order chi connectivity index (χ1) is 13.2. The van der Waals surface area contributed by atoms with Crippen LogP contribution in [0.1, 0.15) is 51.2 Å². The third-order valence-corrected chi connectivity index (χ3v) is 5.97. The second-order valence-corrected chi connectivity index (χ2v) is 8.45. The number of nitrogens with zero attached hydrogens (tertiary/aromatic N) is 2. The highest BCUT2D eigenvalue weighted by Crippen LogP contribution is 2.34. The Morgan fingerprint density at radius 1 is 1.22 bits per heavy atom. The Balaban J connectivity index is 1.44. The number of furan rings is 1. The standard InChI is InChI=1S/C20H23N3O2S2/c1-2-3-4-5-6-11-18(24)23-21-14-15-12-13-19(25-15)27-20-22-16-9-7-8-10-17(16)26-20/h7-10,12-14H,2-6,11H2,1H3,(H,23,24)/b21-14-. The first kappa shape index (κ1) is 19.6. The molecule has 3 aromatic rings. The number of carbonyl (C=O) groups excluding carboxylic acids is 1. The Labute approximate surface area is 167 Å². The van der Waals surface area contributed by atoms with E-state index < -0.39 is 0 Å². The van der Waals surface area contributed by atoms with E-state index in [-0.39, 0.29) is 5.91 Å². The van der Waals surface area contributed by atoms with E-state index in [0.29, 0.717) is 12.2 Å². The highest BCUT2D eigenvalue weighted by atomic mass is 32.2. The van der Waals surface area contributed by atoms with Crippen LogP contribution >= 0.6 is 23.1 Å². The largest absolute Gasteiger partial charge is 0.448 e. The molecule has 0 fully saturated rings. The van der Waals surface area contributed by atoms with Gasteiger partial charge < -0.3 is 4.42 Å². The SMILES string of the molecule is CCCCCCCC(=O)N/N=C\c1ccc(Sc2nc3ccccc3s2)o1. The van der Waals surface area contributed by atoms with Crippen LogP contribution in [0.4, 0.5) is 0 Å². The molecule has 0 spiro atoms. The summed E-state index contributed by atoms with van der Waals surface area (Å²) in [6, 6.07) is 11.8. The van der Waals surface area contributed by atoms with Crippen LogP contribution in [-0.4, -0.2) is 17.1 Å². The maximum absolute atomic E-state index is 11.7. The van der Waals surface area contributed by atoms with Gasteiger partial charge in [-0.1, -0.05) is 44.7 Å². The summed E-state index contributed by atoms with van der Waals surface area (Å²) in [5, 5.41) is 4.72. The van der Waals surface area contributed by atoms with Crippen molar-refractivity contribution in [1.29, 1.82) is 0 Å². The van der Waals surface area contributed by atoms with Crippen LogP contribution < -0.4 is 5.43 Å². The summed E-state index contributed by atoms with van der Waals surface area (Å²) in [4.78, 5) is 16.3. The molecule has 0 radical (unpaired) electrons. The lowest BCUT2D eigenvalue weighted by molar-refractivity contribution is -0.121. The quantitative estimate of drug-likeness (QED) is 0.263. The van der Waals surface area contributed by atoms with Crippen molar-refractivity contribution in [1.82, 2.24) is 10.4 Å². The van der Waals surface area contributed by atoms with Crippen molar-refractivity contribution in [2.75, 3.05) is 0 Å². The summed E-state index contributed by atoms with van der Waals surface area (Å²) < 4.78 is 7.81. The summed E-state index contributed by atoms with van der Waals surface area (Å²) in [6.45, 7) is 2.18. The summed E-state index contributed by atoms with van der Waals surface area (Å²) in [7, 11) is 0.